The fraction of sp³-hybridized carbons (Fsp3) is 0.833. The van der Waals surface area contributed by atoms with Crippen LogP contribution in [-0.4, -0.2) is 58.1 Å². The van der Waals surface area contributed by atoms with E-state index in [0.29, 0.717) is 0 Å². The van der Waals surface area contributed by atoms with Crippen LogP contribution in [0.25, 0.3) is 0 Å². The quantitative estimate of drug-likeness (QED) is 0.663. The smallest absolute Gasteiger partial charge is 0.340 e. The van der Waals surface area contributed by atoms with E-state index in [1.165, 1.54) is 13.8 Å². The third kappa shape index (κ3) is 2.78. The molecule has 0 amide bonds. The molecule has 0 bridgehead atoms. The predicted octanol–water partition coefficient (Wildman–Crippen LogP) is -0.370. The number of carboxylic acids is 1. The molecule has 0 aromatic heterocycles. The van der Waals surface area contributed by atoms with Gasteiger partial charge in [-0.3, -0.25) is 0 Å². The van der Waals surface area contributed by atoms with Gasteiger partial charge in [-0.15, -0.1) is 0 Å². The number of cyclic esters (lactones) is 1. The van der Waals surface area contributed by atoms with Crippen LogP contribution >= 0.6 is 0 Å². The highest BCUT2D eigenvalue weighted by molar-refractivity contribution is 5.77. The number of carbonyl (C=O) groups excluding carboxylic acids is 1. The first-order valence-electron chi connectivity index (χ1n) is 6.20. The van der Waals surface area contributed by atoms with Crippen molar-refractivity contribution in [1.29, 1.82) is 0 Å². The molecule has 8 nitrogen and oxygen atoms in total. The van der Waals surface area contributed by atoms with Crippen LogP contribution in [0.3, 0.4) is 0 Å². The fourth-order valence-electron chi connectivity index (χ4n) is 2.32. The lowest BCUT2D eigenvalue weighted by atomic mass is 10.0. The summed E-state index contributed by atoms with van der Waals surface area (Å²) in [5, 5.41) is 19.0. The Labute approximate surface area is 115 Å². The summed E-state index contributed by atoms with van der Waals surface area (Å²) in [6.45, 7) is 6.06. The second-order valence-electron chi connectivity index (χ2n) is 5.71. The average Bonchev–Trinajstić information content (AvgIpc) is 2.59. The summed E-state index contributed by atoms with van der Waals surface area (Å²) in [6.07, 6.45) is -5.28. The zero-order chi connectivity index (χ0) is 15.3. The molecular weight excluding hydrogens is 272 g/mol. The van der Waals surface area contributed by atoms with Crippen LogP contribution < -0.4 is 0 Å². The molecule has 2 fully saturated rings. The van der Waals surface area contributed by atoms with Crippen molar-refractivity contribution in [2.24, 2.45) is 0 Å². The first-order chi connectivity index (χ1) is 9.02. The third-order valence-electron chi connectivity index (χ3n) is 3.02. The van der Waals surface area contributed by atoms with Gasteiger partial charge in [-0.05, 0) is 13.8 Å². The molecule has 0 aliphatic carbocycles. The topological polar surface area (TPSA) is 112 Å². The Hall–Kier alpha value is -1.22. The summed E-state index contributed by atoms with van der Waals surface area (Å²) in [7, 11) is 0. The van der Waals surface area contributed by atoms with Gasteiger partial charge in [0.15, 0.2) is 18.0 Å². The van der Waals surface area contributed by atoms with Gasteiger partial charge in [-0.2, -0.15) is 0 Å². The molecule has 2 saturated heterocycles. The van der Waals surface area contributed by atoms with Gasteiger partial charge in [0.25, 0.3) is 0 Å². The second kappa shape index (κ2) is 4.66. The summed E-state index contributed by atoms with van der Waals surface area (Å²) in [4.78, 5) is 22.9. The number of esters is 1. The minimum atomic E-state index is -1.63. The zero-order valence-corrected chi connectivity index (χ0v) is 11.7. The molecule has 2 N–H and O–H groups in total. The van der Waals surface area contributed by atoms with Gasteiger partial charge in [0.05, 0.1) is 0 Å². The number of ether oxygens (including phenoxy) is 4. The predicted molar refractivity (Wildman–Crippen MR) is 62.5 cm³/mol. The van der Waals surface area contributed by atoms with Gasteiger partial charge >= 0.3 is 11.9 Å². The third-order valence-corrected chi connectivity index (χ3v) is 3.02. The molecular formula is C12H18O8. The lowest BCUT2D eigenvalue weighted by Gasteiger charge is -2.40. The molecule has 0 spiro atoms. The van der Waals surface area contributed by atoms with Gasteiger partial charge in [0, 0.05) is 13.8 Å². The average molecular weight is 290 g/mol. The van der Waals surface area contributed by atoms with Gasteiger partial charge in [0.2, 0.25) is 5.79 Å². The first-order valence-corrected chi connectivity index (χ1v) is 6.20. The van der Waals surface area contributed by atoms with Gasteiger partial charge in [-0.25, -0.2) is 9.59 Å². The van der Waals surface area contributed by atoms with Crippen molar-refractivity contribution in [2.45, 2.75) is 63.7 Å². The van der Waals surface area contributed by atoms with Crippen LogP contribution in [-0.2, 0) is 28.5 Å². The van der Waals surface area contributed by atoms with Crippen LogP contribution in [0.5, 0.6) is 0 Å². The molecule has 2 rings (SSSR count). The largest absolute Gasteiger partial charge is 0.479 e. The van der Waals surface area contributed by atoms with Crippen molar-refractivity contribution in [2.75, 3.05) is 0 Å². The minimum Gasteiger partial charge on any atom is -0.479 e. The number of hydrogen-bond donors (Lipinski definition) is 2. The number of carbonyl (C=O) groups is 2. The standard InChI is InChI=1S/C12H18O8/c1-11(2)18-7(8(19-11)9(14)15)6-5(13)10(16)20-12(3,4)17-6/h5-8,13H,1-4H3,(H,14,15)/t5-,6-,7+,8+/m1/s1. The van der Waals surface area contributed by atoms with Crippen LogP contribution in [0.4, 0.5) is 0 Å². The van der Waals surface area contributed by atoms with E-state index in [9.17, 15) is 19.8 Å². The van der Waals surface area contributed by atoms with E-state index in [-0.39, 0.29) is 0 Å². The van der Waals surface area contributed by atoms with Gasteiger partial charge in [-0.1, -0.05) is 0 Å². The molecule has 4 atom stereocenters. The number of rotatable bonds is 2. The van der Waals surface area contributed by atoms with E-state index in [0.717, 1.165) is 0 Å². The van der Waals surface area contributed by atoms with Crippen LogP contribution in [0.1, 0.15) is 27.7 Å². The van der Waals surface area contributed by atoms with E-state index in [4.69, 9.17) is 18.9 Å². The number of hydrogen-bond acceptors (Lipinski definition) is 7. The first kappa shape index (κ1) is 15.2. The molecule has 2 heterocycles. The van der Waals surface area contributed by atoms with E-state index < -0.39 is 47.9 Å². The SMILES string of the molecule is CC1(C)OC(=O)[C@H](O)[C@H]([C@@H]2OC(C)(C)O[C@@H]2C(=O)O)O1. The van der Waals surface area contributed by atoms with E-state index in [2.05, 4.69) is 0 Å². The molecule has 0 radical (unpaired) electrons. The number of carboxylic acid groups (broad SMARTS) is 1. The van der Waals surface area contributed by atoms with Crippen molar-refractivity contribution in [3.63, 3.8) is 0 Å². The Bertz CT molecular complexity index is 429. The normalized spacial score (nSPS) is 39.4. The van der Waals surface area contributed by atoms with Crippen molar-refractivity contribution in [3.8, 4) is 0 Å². The lowest BCUT2D eigenvalue weighted by Crippen LogP contribution is -2.59. The molecule has 20 heavy (non-hydrogen) atoms. The highest BCUT2D eigenvalue weighted by atomic mass is 16.8. The Morgan fingerprint density at radius 2 is 1.60 bits per heavy atom. The summed E-state index contributed by atoms with van der Waals surface area (Å²) in [5.74, 6) is -4.57. The highest BCUT2D eigenvalue weighted by Gasteiger charge is 2.56. The molecule has 0 aromatic carbocycles. The maximum atomic E-state index is 11.6. The molecule has 0 unspecified atom stereocenters. The van der Waals surface area contributed by atoms with E-state index >= 15 is 0 Å². The van der Waals surface area contributed by atoms with Crippen molar-refractivity contribution in [3.05, 3.63) is 0 Å². The molecule has 114 valence electrons. The fourth-order valence-corrected chi connectivity index (χ4v) is 2.32. The van der Waals surface area contributed by atoms with Crippen molar-refractivity contribution >= 4 is 11.9 Å². The Kier molecular flexibility index (Phi) is 3.53. The highest BCUT2D eigenvalue weighted by Crippen LogP contribution is 2.36. The molecule has 8 heteroatoms. The summed E-state index contributed by atoms with van der Waals surface area (Å²) >= 11 is 0. The molecule has 2 aliphatic heterocycles. The number of aliphatic hydroxyl groups is 1. The van der Waals surface area contributed by atoms with Crippen LogP contribution in [0.15, 0.2) is 0 Å². The second-order valence-corrected chi connectivity index (χ2v) is 5.71. The summed E-state index contributed by atoms with van der Waals surface area (Å²) in [5.41, 5.74) is 0. The molecule has 0 aromatic rings. The van der Waals surface area contributed by atoms with E-state index in [1.807, 2.05) is 0 Å². The van der Waals surface area contributed by atoms with Crippen LogP contribution in [0, 0.1) is 0 Å². The molecule has 2 aliphatic rings. The minimum absolute atomic E-state index is 0.885. The number of aliphatic hydroxyl groups excluding tert-OH is 1. The van der Waals surface area contributed by atoms with Gasteiger partial charge in [0.1, 0.15) is 12.2 Å². The molecule has 0 saturated carbocycles. The summed E-state index contributed by atoms with van der Waals surface area (Å²) in [6, 6.07) is 0. The van der Waals surface area contributed by atoms with Crippen molar-refractivity contribution < 1.29 is 38.7 Å². The lowest BCUT2D eigenvalue weighted by molar-refractivity contribution is -0.298. The Morgan fingerprint density at radius 1 is 1.05 bits per heavy atom. The van der Waals surface area contributed by atoms with Gasteiger partial charge < -0.3 is 29.2 Å². The zero-order valence-electron chi connectivity index (χ0n) is 11.7. The maximum absolute atomic E-state index is 11.6. The van der Waals surface area contributed by atoms with E-state index in [1.54, 1.807) is 13.8 Å². The maximum Gasteiger partial charge on any atom is 0.340 e. The van der Waals surface area contributed by atoms with Crippen LogP contribution in [0.2, 0.25) is 0 Å². The van der Waals surface area contributed by atoms with Crippen molar-refractivity contribution in [1.82, 2.24) is 0 Å². The Balaban J connectivity index is 2.28. The summed E-state index contributed by atoms with van der Waals surface area (Å²) < 4.78 is 21.1. The number of aliphatic carboxylic acids is 1. The monoisotopic (exact) mass is 290 g/mol. The Morgan fingerprint density at radius 3 is 2.15 bits per heavy atom.